The molecule has 43 heavy (non-hydrogen) atoms. The number of benzene rings is 2. The number of aryl methyl sites for hydroxylation is 1. The van der Waals surface area contributed by atoms with Crippen LogP contribution >= 0.6 is 0 Å². The van der Waals surface area contributed by atoms with Crippen molar-refractivity contribution in [2.75, 3.05) is 56.8 Å². The van der Waals surface area contributed by atoms with Gasteiger partial charge in [0.1, 0.15) is 5.75 Å². The van der Waals surface area contributed by atoms with E-state index in [1.807, 2.05) is 0 Å². The number of nitrogens with one attached hydrogen (secondary N) is 2. The number of morpholine rings is 1. The Labute approximate surface area is 256 Å². The van der Waals surface area contributed by atoms with Gasteiger partial charge >= 0.3 is 0 Å². The average molecular weight is 605 g/mol. The summed E-state index contributed by atoms with van der Waals surface area (Å²) in [6.45, 7) is 11.3. The van der Waals surface area contributed by atoms with E-state index in [9.17, 15) is 8.42 Å². The van der Waals surface area contributed by atoms with Crippen LogP contribution in [-0.2, 0) is 21.1 Å². The number of rotatable bonds is 10. The van der Waals surface area contributed by atoms with E-state index in [4.69, 9.17) is 9.47 Å². The highest BCUT2D eigenvalue weighted by molar-refractivity contribution is 7.90. The molecule has 1 aromatic heterocycles. The predicted octanol–water partition coefficient (Wildman–Crippen LogP) is 5.54. The molecule has 2 N–H and O–H groups in total. The van der Waals surface area contributed by atoms with E-state index in [0.717, 1.165) is 76.3 Å². The second-order valence-electron chi connectivity index (χ2n) is 11.5. The minimum atomic E-state index is -3.31. The smallest absolute Gasteiger partial charge is 0.175 e. The van der Waals surface area contributed by atoms with Crippen LogP contribution in [0.25, 0.3) is 10.9 Å². The predicted molar refractivity (Wildman–Crippen MR) is 175 cm³/mol. The third-order valence-electron chi connectivity index (χ3n) is 8.81. The molecule has 1 saturated carbocycles. The topological polar surface area (TPSA) is 84.8 Å². The highest BCUT2D eigenvalue weighted by Crippen LogP contribution is 2.37. The van der Waals surface area contributed by atoms with Crippen molar-refractivity contribution in [3.63, 3.8) is 0 Å². The van der Waals surface area contributed by atoms with E-state index in [0.29, 0.717) is 24.0 Å². The maximum absolute atomic E-state index is 11.9. The first-order valence-electron chi connectivity index (χ1n) is 15.2. The minimum Gasteiger partial charge on any atom is -0.495 e. The van der Waals surface area contributed by atoms with Gasteiger partial charge in [-0.3, -0.25) is 4.90 Å². The summed E-state index contributed by atoms with van der Waals surface area (Å²) in [6.07, 6.45) is 8.78. The number of methoxy groups -OCH3 is 1. The number of nitrogens with zero attached hydrogens (tertiary/aromatic N) is 2. The summed E-state index contributed by atoms with van der Waals surface area (Å²) in [4.78, 5) is 2.80. The number of hydrogen-bond donors (Lipinski definition) is 2. The molecule has 9 heteroatoms. The van der Waals surface area contributed by atoms with Gasteiger partial charge in [-0.2, -0.15) is 0 Å². The summed E-state index contributed by atoms with van der Waals surface area (Å²) in [6, 6.07) is 13.9. The largest absolute Gasteiger partial charge is 0.495 e. The minimum absolute atomic E-state index is 0.0784. The first-order chi connectivity index (χ1) is 20.8. The quantitative estimate of drug-likeness (QED) is 0.232. The standard InChI is InChI=1S/C34H44N4O4S/c1-5-19-38-27(9-8-18-35-31-13-12-28(43(4,39)40)25-33(31)41-3)24-29-30(10-7-11-32(29)38)36-26-14-16-34(6-2,17-15-26)37-20-22-42-23-21-37/h6-7,10-13,24-26,35-36H,2,5,14-23H2,1,3-4H3. The van der Waals surface area contributed by atoms with Crippen molar-refractivity contribution in [2.45, 2.75) is 62.0 Å². The maximum Gasteiger partial charge on any atom is 0.175 e. The Kier molecular flexibility index (Phi) is 9.70. The lowest BCUT2D eigenvalue weighted by Gasteiger charge is -2.48. The Morgan fingerprint density at radius 3 is 2.58 bits per heavy atom. The monoisotopic (exact) mass is 604 g/mol. The zero-order valence-corrected chi connectivity index (χ0v) is 26.4. The van der Waals surface area contributed by atoms with Gasteiger partial charge in [-0.1, -0.05) is 25.0 Å². The Morgan fingerprint density at radius 1 is 1.14 bits per heavy atom. The van der Waals surface area contributed by atoms with E-state index < -0.39 is 9.84 Å². The van der Waals surface area contributed by atoms with Crippen LogP contribution in [0, 0.1) is 11.8 Å². The van der Waals surface area contributed by atoms with Gasteiger partial charge in [0.15, 0.2) is 9.84 Å². The SMILES string of the molecule is C=CC1(N2CCOCC2)CCC(Nc2cccc3c2cc(C#CCNc2ccc(S(C)(=O)=O)cc2OC)n3CCC)CC1. The van der Waals surface area contributed by atoms with Gasteiger partial charge in [-0.15, -0.1) is 6.58 Å². The molecule has 2 aliphatic rings. The summed E-state index contributed by atoms with van der Waals surface area (Å²) in [5, 5.41) is 8.34. The zero-order valence-electron chi connectivity index (χ0n) is 25.6. The highest BCUT2D eigenvalue weighted by Gasteiger charge is 2.38. The molecule has 0 radical (unpaired) electrons. The van der Waals surface area contributed by atoms with Crippen LogP contribution in [-0.4, -0.2) is 75.7 Å². The molecule has 0 unspecified atom stereocenters. The number of anilines is 2. The van der Waals surface area contributed by atoms with E-state index in [1.54, 1.807) is 12.1 Å². The molecule has 2 aromatic carbocycles. The van der Waals surface area contributed by atoms with Crippen LogP contribution in [0.2, 0.25) is 0 Å². The molecule has 2 fully saturated rings. The summed E-state index contributed by atoms with van der Waals surface area (Å²) in [5.41, 5.74) is 4.10. The molecular formula is C34H44N4O4S. The maximum atomic E-state index is 11.9. The van der Waals surface area contributed by atoms with Gasteiger partial charge in [-0.25, -0.2) is 8.42 Å². The lowest BCUT2D eigenvalue weighted by Crippen LogP contribution is -2.54. The summed E-state index contributed by atoms with van der Waals surface area (Å²) in [7, 11) is -1.79. The van der Waals surface area contributed by atoms with Crippen molar-refractivity contribution in [1.29, 1.82) is 0 Å². The first kappa shape index (κ1) is 31.0. The molecular weight excluding hydrogens is 560 g/mol. The number of hydrogen-bond acceptors (Lipinski definition) is 7. The van der Waals surface area contributed by atoms with Crippen molar-refractivity contribution in [3.8, 4) is 17.6 Å². The van der Waals surface area contributed by atoms with Crippen LogP contribution in [0.5, 0.6) is 5.75 Å². The van der Waals surface area contributed by atoms with Crippen LogP contribution in [0.15, 0.2) is 60.0 Å². The van der Waals surface area contributed by atoms with Crippen molar-refractivity contribution < 1.29 is 17.9 Å². The molecule has 1 aliphatic carbocycles. The number of sulfone groups is 1. The molecule has 2 heterocycles. The molecule has 1 saturated heterocycles. The fraction of sp³-hybridized carbons (Fsp3) is 0.471. The first-order valence-corrected chi connectivity index (χ1v) is 17.1. The summed E-state index contributed by atoms with van der Waals surface area (Å²) in [5.74, 6) is 7.10. The van der Waals surface area contributed by atoms with Gasteiger partial charge in [0.2, 0.25) is 0 Å². The second kappa shape index (κ2) is 13.5. The summed E-state index contributed by atoms with van der Waals surface area (Å²) < 4.78 is 37.1. The van der Waals surface area contributed by atoms with E-state index in [1.165, 1.54) is 30.3 Å². The lowest BCUT2D eigenvalue weighted by atomic mass is 9.77. The highest BCUT2D eigenvalue weighted by atomic mass is 32.2. The van der Waals surface area contributed by atoms with Gasteiger partial charge in [0.25, 0.3) is 0 Å². The Morgan fingerprint density at radius 2 is 1.91 bits per heavy atom. The third kappa shape index (κ3) is 6.87. The van der Waals surface area contributed by atoms with Gasteiger partial charge in [0.05, 0.1) is 48.7 Å². The molecule has 1 aliphatic heterocycles. The molecule has 8 nitrogen and oxygen atoms in total. The average Bonchev–Trinajstić information content (AvgIpc) is 3.38. The van der Waals surface area contributed by atoms with Crippen LogP contribution in [0.3, 0.4) is 0 Å². The Hall–Kier alpha value is -3.45. The lowest BCUT2D eigenvalue weighted by molar-refractivity contribution is -0.0185. The second-order valence-corrected chi connectivity index (χ2v) is 13.6. The molecule has 0 bridgehead atoms. The molecule has 0 atom stereocenters. The molecule has 0 spiro atoms. The van der Waals surface area contributed by atoms with Crippen molar-refractivity contribution in [2.24, 2.45) is 0 Å². The molecule has 0 amide bonds. The van der Waals surface area contributed by atoms with E-state index in [-0.39, 0.29) is 10.4 Å². The van der Waals surface area contributed by atoms with Crippen LogP contribution < -0.4 is 15.4 Å². The van der Waals surface area contributed by atoms with Crippen LogP contribution in [0.1, 0.15) is 44.7 Å². The number of fused-ring (bicyclic) bond motifs is 1. The third-order valence-corrected chi connectivity index (χ3v) is 9.92. The zero-order chi connectivity index (χ0) is 30.5. The number of aromatic nitrogens is 1. The summed E-state index contributed by atoms with van der Waals surface area (Å²) >= 11 is 0. The van der Waals surface area contributed by atoms with Gasteiger partial charge in [-0.05, 0) is 68.4 Å². The van der Waals surface area contributed by atoms with E-state index >= 15 is 0 Å². The van der Waals surface area contributed by atoms with Gasteiger partial charge < -0.3 is 24.7 Å². The fourth-order valence-electron chi connectivity index (χ4n) is 6.44. The van der Waals surface area contributed by atoms with Crippen molar-refractivity contribution in [3.05, 3.63) is 60.8 Å². The Bertz CT molecular complexity index is 1600. The molecule has 3 aromatic rings. The van der Waals surface area contributed by atoms with Crippen molar-refractivity contribution in [1.82, 2.24) is 9.47 Å². The van der Waals surface area contributed by atoms with E-state index in [2.05, 4.69) is 75.8 Å². The molecule has 5 rings (SSSR count). The fourth-order valence-corrected chi connectivity index (χ4v) is 7.08. The molecule has 230 valence electrons. The van der Waals surface area contributed by atoms with Crippen molar-refractivity contribution >= 4 is 32.1 Å². The van der Waals surface area contributed by atoms with Gasteiger partial charge in [0, 0.05) is 54.6 Å². The Balaban J connectivity index is 1.30. The van der Waals surface area contributed by atoms with Crippen LogP contribution in [0.4, 0.5) is 11.4 Å². The normalized spacial score (nSPS) is 21.1. The number of ether oxygens (including phenoxy) is 2.